The highest BCUT2D eigenvalue weighted by atomic mass is 35.5. The van der Waals surface area contributed by atoms with Crippen LogP contribution in [0.25, 0.3) is 31.9 Å². The molecule has 0 unspecified atom stereocenters. The number of hydrogen-bond donors (Lipinski definition) is 1. The maximum Gasteiger partial charge on any atom is 0.262 e. The lowest BCUT2D eigenvalue weighted by Gasteiger charge is -2.29. The Morgan fingerprint density at radius 3 is 2.59 bits per heavy atom. The third-order valence-electron chi connectivity index (χ3n) is 6.03. The van der Waals surface area contributed by atoms with Gasteiger partial charge >= 0.3 is 0 Å². The van der Waals surface area contributed by atoms with Gasteiger partial charge < -0.3 is 14.8 Å². The summed E-state index contributed by atoms with van der Waals surface area (Å²) in [4.78, 5) is 29.8. The summed E-state index contributed by atoms with van der Waals surface area (Å²) in [5, 5.41) is 4.24. The Balaban J connectivity index is 1.78. The van der Waals surface area contributed by atoms with E-state index >= 15 is 0 Å². The molecule has 4 aromatic rings. The van der Waals surface area contributed by atoms with Gasteiger partial charge in [0.2, 0.25) is 0 Å². The Morgan fingerprint density at radius 1 is 1.19 bits per heavy atom. The normalized spacial score (nSPS) is 14.2. The molecule has 0 saturated heterocycles. The number of fused-ring (bicyclic) bond motifs is 2. The standard InChI is InChI=1S/C29H27ClN2O4S/c1-15-13-21-27(37-28(32-21)19-7-6-8-20-26(19)35-14-22(34)31-20)24(17-9-11-18(30)12-10-17)23(15)25(16(2)33)36-29(3,4)5/h6-13,25H,14H2,1-5H3,(H,31,34)/t25-/m1/s1. The fraction of sp³-hybridized carbons (Fsp3) is 0.276. The molecule has 6 nitrogen and oxygen atoms in total. The first kappa shape index (κ1) is 25.4. The molecule has 1 aromatic heterocycles. The minimum Gasteiger partial charge on any atom is -0.481 e. The van der Waals surface area contributed by atoms with Crippen LogP contribution in [-0.4, -0.2) is 28.9 Å². The van der Waals surface area contributed by atoms with Crippen LogP contribution < -0.4 is 10.1 Å². The first-order valence-corrected chi connectivity index (χ1v) is 13.2. The number of benzene rings is 3. The van der Waals surface area contributed by atoms with Crippen molar-refractivity contribution < 1.29 is 19.1 Å². The zero-order chi connectivity index (χ0) is 26.5. The van der Waals surface area contributed by atoms with Crippen molar-refractivity contribution >= 4 is 50.5 Å². The average Bonchev–Trinajstić information content (AvgIpc) is 3.24. The molecule has 0 fully saturated rings. The Morgan fingerprint density at radius 2 is 1.92 bits per heavy atom. The van der Waals surface area contributed by atoms with Crippen LogP contribution in [0, 0.1) is 6.92 Å². The van der Waals surface area contributed by atoms with E-state index in [4.69, 9.17) is 26.1 Å². The highest BCUT2D eigenvalue weighted by Crippen LogP contribution is 2.47. The summed E-state index contributed by atoms with van der Waals surface area (Å²) >= 11 is 7.73. The van der Waals surface area contributed by atoms with Crippen molar-refractivity contribution in [2.24, 2.45) is 0 Å². The number of aromatic nitrogens is 1. The summed E-state index contributed by atoms with van der Waals surface area (Å²) in [5.41, 5.74) is 5.26. The number of hydrogen-bond acceptors (Lipinski definition) is 6. The third kappa shape index (κ3) is 4.99. The van der Waals surface area contributed by atoms with Crippen molar-refractivity contribution in [1.29, 1.82) is 0 Å². The van der Waals surface area contributed by atoms with Gasteiger partial charge in [-0.2, -0.15) is 0 Å². The minimum absolute atomic E-state index is 0.0430. The zero-order valence-corrected chi connectivity index (χ0v) is 22.8. The second-order valence-electron chi connectivity index (χ2n) is 10.1. The van der Waals surface area contributed by atoms with Crippen LogP contribution in [0.2, 0.25) is 5.02 Å². The number of ether oxygens (including phenoxy) is 2. The predicted octanol–water partition coefficient (Wildman–Crippen LogP) is 7.37. The molecule has 1 amide bonds. The number of rotatable bonds is 5. The number of para-hydroxylation sites is 1. The van der Waals surface area contributed by atoms with E-state index in [2.05, 4.69) is 5.32 Å². The van der Waals surface area contributed by atoms with Gasteiger partial charge in [-0.25, -0.2) is 4.98 Å². The second kappa shape index (κ2) is 9.56. The van der Waals surface area contributed by atoms with Crippen molar-refractivity contribution in [3.05, 3.63) is 64.7 Å². The molecule has 2 heterocycles. The highest BCUT2D eigenvalue weighted by molar-refractivity contribution is 7.22. The van der Waals surface area contributed by atoms with Gasteiger partial charge in [-0.1, -0.05) is 29.8 Å². The quantitative estimate of drug-likeness (QED) is 0.289. The van der Waals surface area contributed by atoms with Crippen LogP contribution >= 0.6 is 22.9 Å². The van der Waals surface area contributed by atoms with Gasteiger partial charge in [0.15, 0.2) is 18.1 Å². The van der Waals surface area contributed by atoms with Crippen LogP contribution in [0.3, 0.4) is 0 Å². The van der Waals surface area contributed by atoms with E-state index < -0.39 is 11.7 Å². The second-order valence-corrected chi connectivity index (χ2v) is 11.5. The molecule has 0 spiro atoms. The first-order chi connectivity index (χ1) is 17.5. The molecule has 0 saturated carbocycles. The van der Waals surface area contributed by atoms with E-state index in [0.29, 0.717) is 16.5 Å². The monoisotopic (exact) mass is 534 g/mol. The van der Waals surface area contributed by atoms with E-state index in [0.717, 1.165) is 43.0 Å². The van der Waals surface area contributed by atoms with Crippen molar-refractivity contribution in [2.45, 2.75) is 46.3 Å². The predicted molar refractivity (Wildman–Crippen MR) is 149 cm³/mol. The highest BCUT2D eigenvalue weighted by Gasteiger charge is 2.31. The number of ketones is 1. The Bertz CT molecular complexity index is 1540. The first-order valence-electron chi connectivity index (χ1n) is 12.0. The summed E-state index contributed by atoms with van der Waals surface area (Å²) < 4.78 is 13.0. The van der Waals surface area contributed by atoms with Crippen LogP contribution in [-0.2, 0) is 14.3 Å². The van der Waals surface area contributed by atoms with Crippen LogP contribution in [0.5, 0.6) is 5.75 Å². The van der Waals surface area contributed by atoms with Crippen molar-refractivity contribution in [3.8, 4) is 27.4 Å². The molecule has 0 radical (unpaired) electrons. The number of aryl methyl sites for hydroxylation is 1. The number of amides is 1. The van der Waals surface area contributed by atoms with Crippen LogP contribution in [0.1, 0.15) is 44.9 Å². The van der Waals surface area contributed by atoms with Crippen molar-refractivity contribution in [3.63, 3.8) is 0 Å². The lowest BCUT2D eigenvalue weighted by molar-refractivity contribution is -0.138. The lowest BCUT2D eigenvalue weighted by Crippen LogP contribution is -2.27. The van der Waals surface area contributed by atoms with Gasteiger partial charge in [-0.05, 0) is 76.1 Å². The smallest absolute Gasteiger partial charge is 0.262 e. The molecular weight excluding hydrogens is 508 g/mol. The molecule has 1 aliphatic rings. The van der Waals surface area contributed by atoms with Gasteiger partial charge in [0, 0.05) is 16.1 Å². The molecule has 5 rings (SSSR count). The maximum atomic E-state index is 13.0. The van der Waals surface area contributed by atoms with Crippen molar-refractivity contribution in [2.75, 3.05) is 11.9 Å². The maximum absolute atomic E-state index is 13.0. The Labute approximate surface area is 224 Å². The third-order valence-corrected chi connectivity index (χ3v) is 7.40. The zero-order valence-electron chi connectivity index (χ0n) is 21.3. The van der Waals surface area contributed by atoms with E-state index in [1.165, 1.54) is 11.3 Å². The molecule has 0 aliphatic carbocycles. The number of halogens is 1. The number of carbonyl (C=O) groups excluding carboxylic acids is 2. The van der Waals surface area contributed by atoms with E-state index in [1.807, 2.05) is 76.2 Å². The summed E-state index contributed by atoms with van der Waals surface area (Å²) in [7, 11) is 0. The lowest BCUT2D eigenvalue weighted by atomic mass is 9.90. The number of carbonyl (C=O) groups is 2. The van der Waals surface area contributed by atoms with E-state index in [9.17, 15) is 9.59 Å². The molecule has 190 valence electrons. The average molecular weight is 535 g/mol. The largest absolute Gasteiger partial charge is 0.481 e. The van der Waals surface area contributed by atoms with Gasteiger partial charge in [0.25, 0.3) is 5.91 Å². The summed E-state index contributed by atoms with van der Waals surface area (Å²) in [6, 6.07) is 15.2. The SMILES string of the molecule is CC(=O)[C@@H](OC(C)(C)C)c1c(C)cc2nc(-c3cccc4c3OCC(=O)N4)sc2c1-c1ccc(Cl)cc1. The molecule has 1 aliphatic heterocycles. The Kier molecular flexibility index (Phi) is 6.56. The fourth-order valence-corrected chi connectivity index (χ4v) is 5.82. The van der Waals surface area contributed by atoms with Gasteiger partial charge in [0.05, 0.1) is 27.1 Å². The molecule has 8 heteroatoms. The van der Waals surface area contributed by atoms with E-state index in [1.54, 1.807) is 6.92 Å². The van der Waals surface area contributed by atoms with Gasteiger partial charge in [-0.15, -0.1) is 11.3 Å². The molecule has 3 aromatic carbocycles. The topological polar surface area (TPSA) is 77.5 Å². The number of nitrogens with one attached hydrogen (secondary N) is 1. The van der Waals surface area contributed by atoms with Gasteiger partial charge in [-0.3, -0.25) is 9.59 Å². The number of anilines is 1. The van der Waals surface area contributed by atoms with Crippen LogP contribution in [0.15, 0.2) is 48.5 Å². The fourth-order valence-electron chi connectivity index (χ4n) is 4.55. The van der Waals surface area contributed by atoms with Crippen LogP contribution in [0.4, 0.5) is 5.69 Å². The van der Waals surface area contributed by atoms with Crippen molar-refractivity contribution in [1.82, 2.24) is 4.98 Å². The number of nitrogens with zero attached hydrogens (tertiary/aromatic N) is 1. The van der Waals surface area contributed by atoms with Gasteiger partial charge in [0.1, 0.15) is 11.1 Å². The number of thiazole rings is 1. The minimum atomic E-state index is -0.747. The summed E-state index contributed by atoms with van der Waals surface area (Å²) in [6.07, 6.45) is -0.747. The molecule has 1 atom stereocenters. The molecule has 0 bridgehead atoms. The van der Waals surface area contributed by atoms with E-state index in [-0.39, 0.29) is 18.3 Å². The Hall–Kier alpha value is -3.26. The number of Topliss-reactive ketones (excluding diaryl/α,β-unsaturated/α-hetero) is 1. The summed E-state index contributed by atoms with van der Waals surface area (Å²) in [5.74, 6) is 0.343. The molecule has 37 heavy (non-hydrogen) atoms. The molecule has 1 N–H and O–H groups in total. The molecular formula is C29H27ClN2O4S. The summed E-state index contributed by atoms with van der Waals surface area (Å²) in [6.45, 7) is 9.34.